The van der Waals surface area contributed by atoms with Crippen LogP contribution in [0.15, 0.2) is 18.2 Å². The number of rotatable bonds is 2. The van der Waals surface area contributed by atoms with Crippen molar-refractivity contribution in [3.8, 4) is 0 Å². The van der Waals surface area contributed by atoms with E-state index in [9.17, 15) is 4.79 Å². The first-order chi connectivity index (χ1) is 8.13. The zero-order chi connectivity index (χ0) is 12.4. The summed E-state index contributed by atoms with van der Waals surface area (Å²) in [5.74, 6) is 0.0735. The lowest BCUT2D eigenvalue weighted by Gasteiger charge is -2.19. The van der Waals surface area contributed by atoms with Crippen LogP contribution in [-0.4, -0.2) is 26.2 Å². The number of benzene rings is 1. The molecule has 0 spiro atoms. The highest BCUT2D eigenvalue weighted by atomic mass is 16.5. The van der Waals surface area contributed by atoms with E-state index in [1.807, 2.05) is 0 Å². The van der Waals surface area contributed by atoms with Crippen molar-refractivity contribution in [2.45, 2.75) is 19.8 Å². The van der Waals surface area contributed by atoms with Crippen molar-refractivity contribution in [2.75, 3.05) is 20.2 Å². The Hall–Kier alpha value is -1.35. The molecule has 2 rings (SSSR count). The summed E-state index contributed by atoms with van der Waals surface area (Å²) < 4.78 is 4.87. The third-order valence-electron chi connectivity index (χ3n) is 3.54. The number of carbonyl (C=O) groups is 1. The number of nitrogens with one attached hydrogen (secondary N) is 1. The van der Waals surface area contributed by atoms with Crippen molar-refractivity contribution in [3.63, 3.8) is 0 Å². The fourth-order valence-corrected chi connectivity index (χ4v) is 2.65. The largest absolute Gasteiger partial charge is 0.469 e. The molecule has 0 aliphatic carbocycles. The normalized spacial score (nSPS) is 23.7. The fraction of sp³-hybridized carbons (Fsp3) is 0.500. The van der Waals surface area contributed by atoms with E-state index in [1.165, 1.54) is 23.8 Å². The Labute approximate surface area is 102 Å². The summed E-state index contributed by atoms with van der Waals surface area (Å²) in [5, 5.41) is 3.28. The van der Waals surface area contributed by atoms with Gasteiger partial charge in [-0.3, -0.25) is 4.79 Å². The molecule has 0 bridgehead atoms. The number of esters is 1. The lowest BCUT2D eigenvalue weighted by Crippen LogP contribution is -2.23. The van der Waals surface area contributed by atoms with E-state index in [-0.39, 0.29) is 17.8 Å². The van der Waals surface area contributed by atoms with Crippen molar-refractivity contribution >= 4 is 5.97 Å². The van der Waals surface area contributed by atoms with Gasteiger partial charge in [0.25, 0.3) is 0 Å². The zero-order valence-electron chi connectivity index (χ0n) is 10.6. The van der Waals surface area contributed by atoms with Crippen molar-refractivity contribution in [2.24, 2.45) is 5.92 Å². The molecule has 1 heterocycles. The monoisotopic (exact) mass is 233 g/mol. The maximum absolute atomic E-state index is 11.7. The topological polar surface area (TPSA) is 38.3 Å². The summed E-state index contributed by atoms with van der Waals surface area (Å²) in [6, 6.07) is 6.41. The number of hydrogen-bond donors (Lipinski definition) is 1. The minimum atomic E-state index is -0.111. The van der Waals surface area contributed by atoms with E-state index in [4.69, 9.17) is 4.74 Å². The molecule has 3 heteroatoms. The van der Waals surface area contributed by atoms with Gasteiger partial charge >= 0.3 is 5.97 Å². The molecule has 1 N–H and O–H groups in total. The molecule has 17 heavy (non-hydrogen) atoms. The number of aryl methyl sites for hydroxylation is 2. The van der Waals surface area contributed by atoms with Gasteiger partial charge in [-0.2, -0.15) is 0 Å². The van der Waals surface area contributed by atoms with Crippen LogP contribution in [0.2, 0.25) is 0 Å². The lowest BCUT2D eigenvalue weighted by atomic mass is 9.86. The van der Waals surface area contributed by atoms with Crippen LogP contribution in [0.4, 0.5) is 0 Å². The first-order valence-corrected chi connectivity index (χ1v) is 5.99. The van der Waals surface area contributed by atoms with Gasteiger partial charge in [0.05, 0.1) is 13.0 Å². The molecule has 2 unspecified atom stereocenters. The second kappa shape index (κ2) is 4.88. The molecule has 1 saturated heterocycles. The first-order valence-electron chi connectivity index (χ1n) is 5.99. The fourth-order valence-electron chi connectivity index (χ4n) is 2.65. The molecule has 1 fully saturated rings. The summed E-state index contributed by atoms with van der Waals surface area (Å²) in [4.78, 5) is 11.7. The molecule has 1 aliphatic rings. The minimum Gasteiger partial charge on any atom is -0.469 e. The molecule has 1 aromatic rings. The van der Waals surface area contributed by atoms with Crippen LogP contribution >= 0.6 is 0 Å². The van der Waals surface area contributed by atoms with Crippen LogP contribution in [0.1, 0.15) is 22.6 Å². The average molecular weight is 233 g/mol. The van der Waals surface area contributed by atoms with Gasteiger partial charge in [0.1, 0.15) is 0 Å². The number of carbonyl (C=O) groups excluding carboxylic acids is 1. The van der Waals surface area contributed by atoms with E-state index in [2.05, 4.69) is 37.4 Å². The quantitative estimate of drug-likeness (QED) is 0.791. The van der Waals surface area contributed by atoms with Crippen molar-refractivity contribution in [3.05, 3.63) is 34.9 Å². The van der Waals surface area contributed by atoms with Crippen LogP contribution in [-0.2, 0) is 9.53 Å². The van der Waals surface area contributed by atoms with Gasteiger partial charge < -0.3 is 10.1 Å². The molecular weight excluding hydrogens is 214 g/mol. The molecule has 0 aromatic heterocycles. The van der Waals surface area contributed by atoms with Crippen LogP contribution < -0.4 is 5.32 Å². The smallest absolute Gasteiger partial charge is 0.310 e. The number of methoxy groups -OCH3 is 1. The zero-order valence-corrected chi connectivity index (χ0v) is 10.6. The highest BCUT2D eigenvalue weighted by molar-refractivity contribution is 5.74. The average Bonchev–Trinajstić information content (AvgIpc) is 2.77. The van der Waals surface area contributed by atoms with Crippen molar-refractivity contribution < 1.29 is 9.53 Å². The van der Waals surface area contributed by atoms with Gasteiger partial charge in [-0.25, -0.2) is 0 Å². The van der Waals surface area contributed by atoms with Gasteiger partial charge in [0.15, 0.2) is 0 Å². The second-order valence-corrected chi connectivity index (χ2v) is 4.75. The second-order valence-electron chi connectivity index (χ2n) is 4.75. The molecule has 3 nitrogen and oxygen atoms in total. The molecule has 92 valence electrons. The maximum Gasteiger partial charge on any atom is 0.310 e. The van der Waals surface area contributed by atoms with E-state index >= 15 is 0 Å². The van der Waals surface area contributed by atoms with Gasteiger partial charge in [-0.05, 0) is 25.0 Å². The number of ether oxygens (including phenoxy) is 1. The summed E-state index contributed by atoms with van der Waals surface area (Å²) >= 11 is 0. The highest BCUT2D eigenvalue weighted by Crippen LogP contribution is 2.31. The van der Waals surface area contributed by atoms with Gasteiger partial charge in [-0.15, -0.1) is 0 Å². The Morgan fingerprint density at radius 3 is 2.76 bits per heavy atom. The summed E-state index contributed by atoms with van der Waals surface area (Å²) in [7, 11) is 1.46. The summed E-state index contributed by atoms with van der Waals surface area (Å²) in [6.45, 7) is 5.75. The van der Waals surface area contributed by atoms with Gasteiger partial charge in [-0.1, -0.05) is 23.8 Å². The van der Waals surface area contributed by atoms with Crippen LogP contribution in [0.25, 0.3) is 0 Å². The predicted molar refractivity (Wildman–Crippen MR) is 67.0 cm³/mol. The molecule has 1 aliphatic heterocycles. The van der Waals surface area contributed by atoms with Gasteiger partial charge in [0, 0.05) is 19.0 Å². The Morgan fingerprint density at radius 1 is 1.35 bits per heavy atom. The predicted octanol–water partition coefficient (Wildman–Crippen LogP) is 1.78. The van der Waals surface area contributed by atoms with Crippen molar-refractivity contribution in [1.29, 1.82) is 0 Å². The summed E-state index contributed by atoms with van der Waals surface area (Å²) in [5.41, 5.74) is 3.77. The Kier molecular flexibility index (Phi) is 3.48. The van der Waals surface area contributed by atoms with Crippen molar-refractivity contribution in [1.82, 2.24) is 5.32 Å². The van der Waals surface area contributed by atoms with Crippen LogP contribution in [0, 0.1) is 19.8 Å². The van der Waals surface area contributed by atoms with Crippen LogP contribution in [0.5, 0.6) is 0 Å². The molecule has 0 saturated carbocycles. The lowest BCUT2D eigenvalue weighted by molar-refractivity contribution is -0.145. The highest BCUT2D eigenvalue weighted by Gasteiger charge is 2.35. The molecule has 0 amide bonds. The maximum atomic E-state index is 11.7. The van der Waals surface area contributed by atoms with E-state index in [1.54, 1.807) is 0 Å². The standard InChI is InChI=1S/C14H19NO2/c1-9-4-5-11(10(2)6-9)12-7-15-8-13(12)14(16)17-3/h4-6,12-13,15H,7-8H2,1-3H3. The molecule has 1 aromatic carbocycles. The van der Waals surface area contributed by atoms with E-state index in [0.29, 0.717) is 6.54 Å². The van der Waals surface area contributed by atoms with E-state index < -0.39 is 0 Å². The van der Waals surface area contributed by atoms with Crippen LogP contribution in [0.3, 0.4) is 0 Å². The minimum absolute atomic E-state index is 0.0543. The van der Waals surface area contributed by atoms with Gasteiger partial charge in [0.2, 0.25) is 0 Å². The molecule has 2 atom stereocenters. The Morgan fingerprint density at radius 2 is 2.12 bits per heavy atom. The van der Waals surface area contributed by atoms with E-state index in [0.717, 1.165) is 6.54 Å². The third kappa shape index (κ3) is 2.34. The number of hydrogen-bond acceptors (Lipinski definition) is 3. The Bertz CT molecular complexity index is 428. The summed E-state index contributed by atoms with van der Waals surface area (Å²) in [6.07, 6.45) is 0. The Balaban J connectivity index is 2.29. The molecule has 0 radical (unpaired) electrons. The molecular formula is C14H19NO2. The third-order valence-corrected chi connectivity index (χ3v) is 3.54. The first kappa shape index (κ1) is 12.1. The SMILES string of the molecule is COC(=O)C1CNCC1c1ccc(C)cc1C.